The number of nitrogens with zero attached hydrogens (tertiary/aromatic N) is 4. The van der Waals surface area contributed by atoms with Crippen LogP contribution in [0.3, 0.4) is 0 Å². The van der Waals surface area contributed by atoms with Crippen LogP contribution in [0.2, 0.25) is 0 Å². The van der Waals surface area contributed by atoms with Crippen LogP contribution < -0.4 is 20.5 Å². The molecule has 2 heterocycles. The molecule has 0 saturated heterocycles. The third-order valence-electron chi connectivity index (χ3n) is 5.47. The van der Waals surface area contributed by atoms with E-state index in [1.165, 1.54) is 20.2 Å². The zero-order chi connectivity index (χ0) is 27.4. The van der Waals surface area contributed by atoms with Crippen molar-refractivity contribution in [1.29, 1.82) is 0 Å². The van der Waals surface area contributed by atoms with Crippen molar-refractivity contribution in [3.8, 4) is 16.3 Å². The number of amides is 2. The molecule has 2 amide bonds. The van der Waals surface area contributed by atoms with Crippen LogP contribution in [0.25, 0.3) is 10.6 Å². The number of rotatable bonds is 8. The first-order valence-electron chi connectivity index (χ1n) is 11.1. The molecule has 13 heteroatoms. The summed E-state index contributed by atoms with van der Waals surface area (Å²) < 4.78 is 34.1. The number of pyridine rings is 1. The second-order valence-corrected chi connectivity index (χ2v) is 9.03. The van der Waals surface area contributed by atoms with E-state index in [1.54, 1.807) is 30.3 Å². The zero-order valence-corrected chi connectivity index (χ0v) is 21.0. The van der Waals surface area contributed by atoms with E-state index in [4.69, 9.17) is 4.74 Å². The molecule has 0 aliphatic heterocycles. The van der Waals surface area contributed by atoms with Crippen molar-refractivity contribution < 1.29 is 28.2 Å². The maximum atomic E-state index is 14.1. The summed E-state index contributed by atoms with van der Waals surface area (Å²) in [4.78, 5) is 38.2. The molecule has 38 heavy (non-hydrogen) atoms. The number of hydrogen-bond acceptors (Lipinski definition) is 7. The maximum absolute atomic E-state index is 14.1. The van der Waals surface area contributed by atoms with Crippen LogP contribution in [0.5, 0.6) is 5.75 Å². The predicted octanol–water partition coefficient (Wildman–Crippen LogP) is 3.42. The van der Waals surface area contributed by atoms with Gasteiger partial charge in [0, 0.05) is 32.8 Å². The Hall–Kier alpha value is -4.65. The Morgan fingerprint density at radius 2 is 1.89 bits per heavy atom. The summed E-state index contributed by atoms with van der Waals surface area (Å²) in [5.41, 5.74) is -0.251. The Bertz CT molecular complexity index is 1560. The van der Waals surface area contributed by atoms with E-state index in [0.29, 0.717) is 15.6 Å². The average molecular weight is 542 g/mol. The van der Waals surface area contributed by atoms with Crippen LogP contribution in [-0.4, -0.2) is 46.1 Å². The predicted molar refractivity (Wildman–Crippen MR) is 135 cm³/mol. The molecule has 4 aromatic rings. The van der Waals surface area contributed by atoms with Gasteiger partial charge in [-0.15, -0.1) is 10.2 Å². The lowest BCUT2D eigenvalue weighted by molar-refractivity contribution is 0.0947. The Kier molecular flexibility index (Phi) is 7.76. The molecular formula is C25H21F2N5O5S. The molecule has 0 aliphatic rings. The number of halogens is 2. The van der Waals surface area contributed by atoms with Gasteiger partial charge in [0.05, 0.1) is 5.56 Å². The lowest BCUT2D eigenvalue weighted by Gasteiger charge is -2.23. The Morgan fingerprint density at radius 1 is 1.16 bits per heavy atom. The van der Waals surface area contributed by atoms with Crippen LogP contribution in [0.4, 0.5) is 13.6 Å². The number of benzene rings is 2. The molecule has 4 rings (SSSR count). The van der Waals surface area contributed by atoms with Crippen molar-refractivity contribution in [3.63, 3.8) is 0 Å². The van der Waals surface area contributed by atoms with E-state index in [1.807, 2.05) is 0 Å². The van der Waals surface area contributed by atoms with Gasteiger partial charge in [-0.25, -0.2) is 23.3 Å². The number of carbonyl (C=O) groups excluding carboxylic acids is 1. The van der Waals surface area contributed by atoms with Crippen LogP contribution >= 0.6 is 11.3 Å². The molecule has 0 spiro atoms. The van der Waals surface area contributed by atoms with Gasteiger partial charge in [-0.1, -0.05) is 47.7 Å². The lowest BCUT2D eigenvalue weighted by atomic mass is 10.1. The van der Waals surface area contributed by atoms with Crippen LogP contribution in [0.15, 0.2) is 59.5 Å². The molecule has 0 unspecified atom stereocenters. The smallest absolute Gasteiger partial charge is 0.426 e. The molecule has 196 valence electrons. The molecule has 2 N–H and O–H groups in total. The summed E-state index contributed by atoms with van der Waals surface area (Å²) in [7, 11) is 2.52. The highest BCUT2D eigenvalue weighted by atomic mass is 32.1. The van der Waals surface area contributed by atoms with Crippen LogP contribution in [0.1, 0.15) is 26.6 Å². The fourth-order valence-electron chi connectivity index (χ4n) is 3.51. The topological polar surface area (TPSA) is 127 Å². The molecule has 10 nitrogen and oxygen atoms in total. The summed E-state index contributed by atoms with van der Waals surface area (Å²) >= 11 is 0.962. The highest BCUT2D eigenvalue weighted by molar-refractivity contribution is 7.14. The van der Waals surface area contributed by atoms with Crippen molar-refractivity contribution in [2.24, 2.45) is 0 Å². The van der Waals surface area contributed by atoms with Crippen molar-refractivity contribution in [2.75, 3.05) is 19.1 Å². The number of nitrogens with one attached hydrogen (secondary N) is 1. The standard InChI is InChI=1S/C25H21F2N5O5S/c1-28-23(34)20-22(37-13-14-6-4-3-5-7-14)21(33)17(12-32(20)31(2)25(35)36)24-30-29-19(38-24)10-15-8-9-16(26)11-18(15)27/h3-9,11-12H,10,13H2,1-2H3,(H,28,34)(H,35,36). The molecule has 0 saturated carbocycles. The van der Waals surface area contributed by atoms with Crippen LogP contribution in [-0.2, 0) is 13.0 Å². The summed E-state index contributed by atoms with van der Waals surface area (Å²) in [5.74, 6) is -2.61. The molecular weight excluding hydrogens is 520 g/mol. The molecule has 0 radical (unpaired) electrons. The molecule has 0 fully saturated rings. The number of ether oxygens (including phenoxy) is 1. The monoisotopic (exact) mass is 541 g/mol. The third kappa shape index (κ3) is 5.52. The summed E-state index contributed by atoms with van der Waals surface area (Å²) in [5, 5.41) is 21.2. The summed E-state index contributed by atoms with van der Waals surface area (Å²) in [6.45, 7) is -0.0779. The number of carboxylic acid groups (broad SMARTS) is 1. The molecule has 0 aliphatic carbocycles. The van der Waals surface area contributed by atoms with Gasteiger partial charge in [-0.3, -0.25) is 9.59 Å². The van der Waals surface area contributed by atoms with Crippen molar-refractivity contribution in [3.05, 3.63) is 98.4 Å². The van der Waals surface area contributed by atoms with E-state index >= 15 is 0 Å². The highest BCUT2D eigenvalue weighted by Crippen LogP contribution is 2.27. The van der Waals surface area contributed by atoms with Gasteiger partial charge in [-0.2, -0.15) is 0 Å². The van der Waals surface area contributed by atoms with E-state index in [0.717, 1.165) is 34.3 Å². The number of aromatic nitrogens is 3. The summed E-state index contributed by atoms with van der Waals surface area (Å²) in [6.07, 6.45) is -0.275. The number of hydrogen-bond donors (Lipinski definition) is 2. The Morgan fingerprint density at radius 3 is 2.55 bits per heavy atom. The van der Waals surface area contributed by atoms with Crippen molar-refractivity contribution >= 4 is 23.3 Å². The van der Waals surface area contributed by atoms with Gasteiger partial charge in [0.2, 0.25) is 5.43 Å². The van der Waals surface area contributed by atoms with Crippen LogP contribution in [0, 0.1) is 11.6 Å². The first-order valence-corrected chi connectivity index (χ1v) is 11.9. The van der Waals surface area contributed by atoms with Crippen molar-refractivity contribution in [2.45, 2.75) is 13.0 Å². The van der Waals surface area contributed by atoms with Gasteiger partial charge < -0.3 is 15.2 Å². The minimum Gasteiger partial charge on any atom is -0.482 e. The summed E-state index contributed by atoms with van der Waals surface area (Å²) in [6, 6.07) is 12.0. The Balaban J connectivity index is 1.82. The van der Waals surface area contributed by atoms with E-state index in [-0.39, 0.29) is 40.6 Å². The minimum absolute atomic E-state index is 0.0132. The SMILES string of the molecule is CNC(=O)c1c(OCc2ccccc2)c(=O)c(-c2nnc(Cc3ccc(F)cc3F)s2)cn1N(C)C(=O)O. The average Bonchev–Trinajstić information content (AvgIpc) is 3.37. The first-order chi connectivity index (χ1) is 18.2. The number of carbonyl (C=O) groups is 2. The van der Waals surface area contributed by atoms with Gasteiger partial charge in [0.1, 0.15) is 23.2 Å². The fourth-order valence-corrected chi connectivity index (χ4v) is 4.38. The maximum Gasteiger partial charge on any atom is 0.426 e. The second kappa shape index (κ2) is 11.2. The fraction of sp³-hybridized carbons (Fsp3) is 0.160. The van der Waals surface area contributed by atoms with Gasteiger partial charge in [0.15, 0.2) is 16.5 Å². The van der Waals surface area contributed by atoms with E-state index in [9.17, 15) is 28.3 Å². The zero-order valence-electron chi connectivity index (χ0n) is 20.1. The van der Waals surface area contributed by atoms with Gasteiger partial charge in [0.25, 0.3) is 5.91 Å². The lowest BCUT2D eigenvalue weighted by Crippen LogP contribution is -2.41. The minimum atomic E-state index is -1.41. The van der Waals surface area contributed by atoms with Gasteiger partial charge in [-0.05, 0) is 17.2 Å². The van der Waals surface area contributed by atoms with Crippen molar-refractivity contribution in [1.82, 2.24) is 20.2 Å². The first kappa shape index (κ1) is 26.4. The Labute approximate surface area is 218 Å². The highest BCUT2D eigenvalue weighted by Gasteiger charge is 2.28. The quantitative estimate of drug-likeness (QED) is 0.350. The third-order valence-corrected chi connectivity index (χ3v) is 6.43. The largest absolute Gasteiger partial charge is 0.482 e. The molecule has 0 atom stereocenters. The molecule has 0 bridgehead atoms. The molecule has 2 aromatic heterocycles. The molecule has 2 aromatic carbocycles. The second-order valence-electron chi connectivity index (χ2n) is 7.97. The van der Waals surface area contributed by atoms with E-state index in [2.05, 4.69) is 15.5 Å². The van der Waals surface area contributed by atoms with E-state index < -0.39 is 29.1 Å². The van der Waals surface area contributed by atoms with Gasteiger partial charge >= 0.3 is 6.09 Å². The normalized spacial score (nSPS) is 10.7.